The summed E-state index contributed by atoms with van der Waals surface area (Å²) in [6.07, 6.45) is 0. The molecular weight excluding hydrogens is 277 g/mol. The second kappa shape index (κ2) is 4.05. The van der Waals surface area contributed by atoms with Crippen molar-refractivity contribution in [3.63, 3.8) is 0 Å². The molecule has 2 aromatic rings. The van der Waals surface area contributed by atoms with Crippen molar-refractivity contribution in [2.45, 2.75) is 0 Å². The van der Waals surface area contributed by atoms with Crippen LogP contribution >= 0.6 is 27.5 Å². The largest absolute Gasteiger partial charge is 0.328 e. The highest BCUT2D eigenvalue weighted by Crippen LogP contribution is 2.23. The first kappa shape index (κ1) is 10.2. The fourth-order valence-electron chi connectivity index (χ4n) is 1.20. The van der Waals surface area contributed by atoms with Crippen molar-refractivity contribution in [3.8, 4) is 17.5 Å². The third-order valence-corrected chi connectivity index (χ3v) is 2.63. The number of hydrogen-bond acceptors (Lipinski definition) is 2. The zero-order valence-corrected chi connectivity index (χ0v) is 9.80. The van der Waals surface area contributed by atoms with Crippen molar-refractivity contribution < 1.29 is 0 Å². The Hall–Kier alpha value is -1.31. The van der Waals surface area contributed by atoms with Gasteiger partial charge in [0.1, 0.15) is 17.0 Å². The lowest BCUT2D eigenvalue weighted by Crippen LogP contribution is -1.80. The maximum Gasteiger partial charge on any atom is 0.178 e. The van der Waals surface area contributed by atoms with Gasteiger partial charge < -0.3 is 4.98 Å². The summed E-state index contributed by atoms with van der Waals surface area (Å²) in [5, 5.41) is 8.98. The number of benzene rings is 1. The van der Waals surface area contributed by atoms with Gasteiger partial charge in [0, 0.05) is 10.0 Å². The van der Waals surface area contributed by atoms with Crippen LogP contribution in [0.25, 0.3) is 11.4 Å². The van der Waals surface area contributed by atoms with Crippen molar-refractivity contribution in [1.82, 2.24) is 9.97 Å². The van der Waals surface area contributed by atoms with E-state index in [4.69, 9.17) is 16.9 Å². The van der Waals surface area contributed by atoms with Crippen LogP contribution in [0.5, 0.6) is 0 Å². The number of H-pyrrole nitrogens is 1. The van der Waals surface area contributed by atoms with Gasteiger partial charge in [-0.1, -0.05) is 39.7 Å². The number of nitrogens with one attached hydrogen (secondary N) is 1. The molecule has 0 saturated heterocycles. The van der Waals surface area contributed by atoms with Gasteiger partial charge >= 0.3 is 0 Å². The number of hydrogen-bond donors (Lipinski definition) is 1. The first-order valence-corrected chi connectivity index (χ1v) is 5.29. The van der Waals surface area contributed by atoms with E-state index < -0.39 is 0 Å². The van der Waals surface area contributed by atoms with Crippen molar-refractivity contribution in [2.75, 3.05) is 0 Å². The standard InChI is InChI=1S/C10H5BrClN3/c11-7-3-1-2-6(4-7)10-14-8(5-13)9(12)15-10/h1-4H,(H,14,15). The van der Waals surface area contributed by atoms with Crippen LogP contribution in [0.4, 0.5) is 0 Å². The van der Waals surface area contributed by atoms with Crippen LogP contribution in [-0.4, -0.2) is 9.97 Å². The van der Waals surface area contributed by atoms with Crippen LogP contribution in [0, 0.1) is 11.3 Å². The summed E-state index contributed by atoms with van der Waals surface area (Å²) < 4.78 is 0.950. The van der Waals surface area contributed by atoms with E-state index in [1.807, 2.05) is 30.3 Å². The number of halogens is 2. The molecule has 2 rings (SSSR count). The topological polar surface area (TPSA) is 52.5 Å². The number of imidazole rings is 1. The lowest BCUT2D eigenvalue weighted by atomic mass is 10.2. The fraction of sp³-hybridized carbons (Fsp3) is 0. The van der Waals surface area contributed by atoms with E-state index in [0.29, 0.717) is 5.82 Å². The quantitative estimate of drug-likeness (QED) is 0.872. The van der Waals surface area contributed by atoms with E-state index in [9.17, 15) is 0 Å². The van der Waals surface area contributed by atoms with E-state index in [0.717, 1.165) is 10.0 Å². The minimum Gasteiger partial charge on any atom is -0.328 e. The predicted molar refractivity (Wildman–Crippen MR) is 61.4 cm³/mol. The van der Waals surface area contributed by atoms with E-state index in [1.54, 1.807) is 0 Å². The molecule has 0 spiro atoms. The van der Waals surface area contributed by atoms with Crippen LogP contribution < -0.4 is 0 Å². The lowest BCUT2D eigenvalue weighted by Gasteiger charge is -1.96. The molecule has 0 aliphatic carbocycles. The van der Waals surface area contributed by atoms with Gasteiger partial charge in [0.25, 0.3) is 0 Å². The van der Waals surface area contributed by atoms with Gasteiger partial charge in [0.2, 0.25) is 0 Å². The highest BCUT2D eigenvalue weighted by atomic mass is 79.9. The van der Waals surface area contributed by atoms with Gasteiger partial charge in [-0.2, -0.15) is 5.26 Å². The molecule has 0 unspecified atom stereocenters. The molecule has 0 fully saturated rings. The molecule has 0 bridgehead atoms. The van der Waals surface area contributed by atoms with Gasteiger partial charge in [-0.25, -0.2) is 4.98 Å². The minimum absolute atomic E-state index is 0.214. The highest BCUT2D eigenvalue weighted by Gasteiger charge is 2.08. The molecule has 15 heavy (non-hydrogen) atoms. The zero-order valence-electron chi connectivity index (χ0n) is 7.46. The SMILES string of the molecule is N#Cc1nc(-c2cccc(Br)c2)[nH]c1Cl. The average Bonchev–Trinajstić information content (AvgIpc) is 2.60. The molecule has 5 heteroatoms. The van der Waals surface area contributed by atoms with Crippen molar-refractivity contribution >= 4 is 27.5 Å². The molecule has 74 valence electrons. The van der Waals surface area contributed by atoms with Crippen LogP contribution in [0.1, 0.15) is 5.69 Å². The summed E-state index contributed by atoms with van der Waals surface area (Å²) in [7, 11) is 0. The number of nitriles is 1. The minimum atomic E-state index is 0.214. The van der Waals surface area contributed by atoms with Crippen molar-refractivity contribution in [1.29, 1.82) is 5.26 Å². The summed E-state index contributed by atoms with van der Waals surface area (Å²) in [6, 6.07) is 9.51. The Morgan fingerprint density at radius 1 is 1.47 bits per heavy atom. The molecule has 3 nitrogen and oxygen atoms in total. The first-order chi connectivity index (χ1) is 7.20. The smallest absolute Gasteiger partial charge is 0.178 e. The third kappa shape index (κ3) is 2.04. The van der Waals surface area contributed by atoms with Gasteiger partial charge in [0.05, 0.1) is 0 Å². The Balaban J connectivity index is 2.51. The van der Waals surface area contributed by atoms with Crippen LogP contribution in [0.15, 0.2) is 28.7 Å². The first-order valence-electron chi connectivity index (χ1n) is 4.12. The normalized spacial score (nSPS) is 9.93. The second-order valence-electron chi connectivity index (χ2n) is 2.87. The number of nitrogens with zero attached hydrogens (tertiary/aromatic N) is 2. The number of rotatable bonds is 1. The number of aromatic nitrogens is 2. The predicted octanol–water partition coefficient (Wildman–Crippen LogP) is 3.36. The highest BCUT2D eigenvalue weighted by molar-refractivity contribution is 9.10. The summed E-state index contributed by atoms with van der Waals surface area (Å²) in [5.41, 5.74) is 1.10. The summed E-state index contributed by atoms with van der Waals surface area (Å²) in [6.45, 7) is 0. The summed E-state index contributed by atoms with van der Waals surface area (Å²) in [5.74, 6) is 0.595. The molecule has 0 radical (unpaired) electrons. The fourth-order valence-corrected chi connectivity index (χ4v) is 1.77. The molecule has 0 aliphatic heterocycles. The molecule has 1 aromatic heterocycles. The Bertz CT molecular complexity index is 542. The van der Waals surface area contributed by atoms with Crippen LogP contribution in [0.2, 0.25) is 5.15 Å². The van der Waals surface area contributed by atoms with Gasteiger partial charge in [-0.05, 0) is 12.1 Å². The van der Waals surface area contributed by atoms with E-state index in [1.165, 1.54) is 0 Å². The van der Waals surface area contributed by atoms with Crippen molar-refractivity contribution in [3.05, 3.63) is 39.6 Å². The Morgan fingerprint density at radius 2 is 2.27 bits per heavy atom. The molecule has 0 atom stereocenters. The van der Waals surface area contributed by atoms with E-state index in [2.05, 4.69) is 25.9 Å². The molecule has 0 amide bonds. The molecule has 1 aromatic carbocycles. The maximum atomic E-state index is 8.71. The van der Waals surface area contributed by atoms with Crippen LogP contribution in [-0.2, 0) is 0 Å². The summed E-state index contributed by atoms with van der Waals surface area (Å²) in [4.78, 5) is 6.92. The maximum absolute atomic E-state index is 8.71. The Labute approximate surface area is 99.8 Å². The molecule has 0 saturated carbocycles. The average molecular weight is 283 g/mol. The van der Waals surface area contributed by atoms with Gasteiger partial charge in [-0.15, -0.1) is 0 Å². The van der Waals surface area contributed by atoms with Crippen LogP contribution in [0.3, 0.4) is 0 Å². The molecular formula is C10H5BrClN3. The zero-order chi connectivity index (χ0) is 10.8. The second-order valence-corrected chi connectivity index (χ2v) is 4.16. The molecule has 1 N–H and O–H groups in total. The third-order valence-electron chi connectivity index (χ3n) is 1.86. The Kier molecular flexibility index (Phi) is 2.76. The lowest BCUT2D eigenvalue weighted by molar-refractivity contribution is 1.29. The molecule has 1 heterocycles. The van der Waals surface area contributed by atoms with Gasteiger partial charge in [0.15, 0.2) is 5.69 Å². The Morgan fingerprint density at radius 3 is 2.87 bits per heavy atom. The molecule has 0 aliphatic rings. The number of aromatic amines is 1. The van der Waals surface area contributed by atoms with Gasteiger partial charge in [-0.3, -0.25) is 0 Å². The monoisotopic (exact) mass is 281 g/mol. The van der Waals surface area contributed by atoms with E-state index >= 15 is 0 Å². The van der Waals surface area contributed by atoms with E-state index in [-0.39, 0.29) is 10.8 Å². The van der Waals surface area contributed by atoms with Crippen molar-refractivity contribution in [2.24, 2.45) is 0 Å². The summed E-state index contributed by atoms with van der Waals surface area (Å²) >= 11 is 9.14.